The lowest BCUT2D eigenvalue weighted by atomic mass is 10.2. The molecule has 2 heterocycles. The second-order valence-corrected chi connectivity index (χ2v) is 4.22. The number of nitrogens with zero attached hydrogens (tertiary/aromatic N) is 2. The molecule has 1 aliphatic rings. The van der Waals surface area contributed by atoms with Crippen LogP contribution in [0.4, 0.5) is 5.82 Å². The van der Waals surface area contributed by atoms with Crippen LogP contribution in [-0.4, -0.2) is 23.5 Å². The maximum absolute atomic E-state index is 5.89. The summed E-state index contributed by atoms with van der Waals surface area (Å²) in [6, 6.07) is 4.26. The minimum absolute atomic E-state index is 0.436. The quantitative estimate of drug-likeness (QED) is 0.727. The van der Waals surface area contributed by atoms with E-state index in [1.54, 1.807) is 6.20 Å². The van der Waals surface area contributed by atoms with Crippen molar-refractivity contribution in [3.8, 4) is 0 Å². The van der Waals surface area contributed by atoms with Crippen LogP contribution in [-0.2, 0) is 0 Å². The van der Waals surface area contributed by atoms with E-state index in [1.165, 1.54) is 6.42 Å². The topological polar surface area (TPSA) is 16.1 Å². The van der Waals surface area contributed by atoms with Crippen LogP contribution in [0.2, 0.25) is 5.02 Å². The highest BCUT2D eigenvalue weighted by Crippen LogP contribution is 2.25. The first-order valence-electron chi connectivity index (χ1n) is 4.75. The molecule has 2 nitrogen and oxygen atoms in total. The van der Waals surface area contributed by atoms with Gasteiger partial charge in [0.25, 0.3) is 0 Å². The van der Waals surface area contributed by atoms with Crippen molar-refractivity contribution in [2.24, 2.45) is 0 Å². The molecule has 0 bridgehead atoms. The van der Waals surface area contributed by atoms with E-state index in [9.17, 15) is 0 Å². The predicted molar refractivity (Wildman–Crippen MR) is 60.3 cm³/mol. The van der Waals surface area contributed by atoms with Gasteiger partial charge in [-0.3, -0.25) is 0 Å². The summed E-state index contributed by atoms with van der Waals surface area (Å²) >= 11 is 11.7. The first-order chi connectivity index (χ1) is 6.81. The van der Waals surface area contributed by atoms with Crippen LogP contribution >= 0.6 is 23.2 Å². The number of anilines is 1. The SMILES string of the molecule is ClCC1CCCN1c1ccc(Cl)cn1. The minimum atomic E-state index is 0.436. The van der Waals surface area contributed by atoms with Crippen molar-refractivity contribution in [1.29, 1.82) is 0 Å². The van der Waals surface area contributed by atoms with Crippen molar-refractivity contribution in [2.75, 3.05) is 17.3 Å². The van der Waals surface area contributed by atoms with Crippen molar-refractivity contribution in [2.45, 2.75) is 18.9 Å². The molecule has 4 heteroatoms. The molecular weight excluding hydrogens is 219 g/mol. The molecule has 1 unspecified atom stereocenters. The van der Waals surface area contributed by atoms with E-state index in [1.807, 2.05) is 12.1 Å². The van der Waals surface area contributed by atoms with Crippen LogP contribution in [0.5, 0.6) is 0 Å². The summed E-state index contributed by atoms with van der Waals surface area (Å²) in [5.74, 6) is 1.65. The second kappa shape index (κ2) is 4.37. The lowest BCUT2D eigenvalue weighted by Gasteiger charge is -2.23. The number of aromatic nitrogens is 1. The van der Waals surface area contributed by atoms with E-state index in [2.05, 4.69) is 9.88 Å². The Morgan fingerprint density at radius 3 is 3.00 bits per heavy atom. The molecule has 0 N–H and O–H groups in total. The molecule has 0 radical (unpaired) electrons. The molecule has 1 aromatic rings. The lowest BCUT2D eigenvalue weighted by Crippen LogP contribution is -2.31. The lowest BCUT2D eigenvalue weighted by molar-refractivity contribution is 0.734. The van der Waals surface area contributed by atoms with Crippen LogP contribution in [0.3, 0.4) is 0 Å². The van der Waals surface area contributed by atoms with E-state index >= 15 is 0 Å². The van der Waals surface area contributed by atoms with Crippen molar-refractivity contribution in [3.63, 3.8) is 0 Å². The Labute approximate surface area is 93.8 Å². The summed E-state index contributed by atoms with van der Waals surface area (Å²) in [5.41, 5.74) is 0. The Kier molecular flexibility index (Phi) is 3.14. The van der Waals surface area contributed by atoms with Crippen molar-refractivity contribution < 1.29 is 0 Å². The summed E-state index contributed by atoms with van der Waals surface area (Å²) < 4.78 is 0. The highest BCUT2D eigenvalue weighted by molar-refractivity contribution is 6.30. The highest BCUT2D eigenvalue weighted by atomic mass is 35.5. The fourth-order valence-electron chi connectivity index (χ4n) is 1.84. The van der Waals surface area contributed by atoms with Crippen molar-refractivity contribution in [3.05, 3.63) is 23.4 Å². The summed E-state index contributed by atoms with van der Waals surface area (Å²) in [6.07, 6.45) is 4.04. The average molecular weight is 231 g/mol. The summed E-state index contributed by atoms with van der Waals surface area (Å²) in [7, 11) is 0. The fourth-order valence-corrected chi connectivity index (χ4v) is 2.27. The Balaban J connectivity index is 2.17. The van der Waals surface area contributed by atoms with E-state index in [0.717, 1.165) is 18.8 Å². The molecule has 2 rings (SSSR count). The molecule has 1 aliphatic heterocycles. The number of hydrogen-bond donors (Lipinski definition) is 0. The molecule has 0 aliphatic carbocycles. The van der Waals surface area contributed by atoms with Gasteiger partial charge < -0.3 is 4.90 Å². The predicted octanol–water partition coefficient (Wildman–Crippen LogP) is 2.94. The molecule has 1 fully saturated rings. The van der Waals surface area contributed by atoms with Gasteiger partial charge in [-0.05, 0) is 25.0 Å². The summed E-state index contributed by atoms with van der Waals surface area (Å²) in [6.45, 7) is 1.05. The second-order valence-electron chi connectivity index (χ2n) is 3.48. The maximum atomic E-state index is 5.89. The van der Waals surface area contributed by atoms with Crippen LogP contribution < -0.4 is 4.90 Å². The number of hydrogen-bond acceptors (Lipinski definition) is 2. The number of alkyl halides is 1. The van der Waals surface area contributed by atoms with Gasteiger partial charge in [-0.15, -0.1) is 11.6 Å². The van der Waals surface area contributed by atoms with Gasteiger partial charge in [-0.2, -0.15) is 0 Å². The number of pyridine rings is 1. The molecule has 0 amide bonds. The third kappa shape index (κ3) is 1.96. The van der Waals surface area contributed by atoms with Gasteiger partial charge >= 0.3 is 0 Å². The zero-order valence-electron chi connectivity index (χ0n) is 7.79. The van der Waals surface area contributed by atoms with E-state index in [0.29, 0.717) is 16.9 Å². The molecular formula is C10H12Cl2N2. The van der Waals surface area contributed by atoms with Crippen molar-refractivity contribution in [1.82, 2.24) is 4.98 Å². The Morgan fingerprint density at radius 2 is 2.36 bits per heavy atom. The van der Waals surface area contributed by atoms with Gasteiger partial charge in [0.05, 0.1) is 5.02 Å². The van der Waals surface area contributed by atoms with E-state index < -0.39 is 0 Å². The van der Waals surface area contributed by atoms with Gasteiger partial charge in [-0.25, -0.2) is 4.98 Å². The first-order valence-corrected chi connectivity index (χ1v) is 5.66. The molecule has 14 heavy (non-hydrogen) atoms. The summed E-state index contributed by atoms with van der Waals surface area (Å²) in [5, 5.41) is 0.676. The van der Waals surface area contributed by atoms with Gasteiger partial charge in [0.1, 0.15) is 5.82 Å². The molecule has 1 atom stereocenters. The standard InChI is InChI=1S/C10H12Cl2N2/c11-6-9-2-1-5-14(9)10-4-3-8(12)7-13-10/h3-4,7,9H,1-2,5-6H2. The third-order valence-corrected chi connectivity index (χ3v) is 3.14. The average Bonchev–Trinajstić information content (AvgIpc) is 2.67. The highest BCUT2D eigenvalue weighted by Gasteiger charge is 2.24. The summed E-state index contributed by atoms with van der Waals surface area (Å²) in [4.78, 5) is 6.55. The molecule has 1 saturated heterocycles. The van der Waals surface area contributed by atoms with Crippen LogP contribution in [0.15, 0.2) is 18.3 Å². The Morgan fingerprint density at radius 1 is 1.50 bits per heavy atom. The fraction of sp³-hybridized carbons (Fsp3) is 0.500. The van der Waals surface area contributed by atoms with E-state index in [4.69, 9.17) is 23.2 Å². The normalized spacial score (nSPS) is 21.6. The zero-order valence-corrected chi connectivity index (χ0v) is 9.30. The Bertz CT molecular complexity index is 299. The monoisotopic (exact) mass is 230 g/mol. The molecule has 1 aromatic heterocycles. The maximum Gasteiger partial charge on any atom is 0.128 e. The van der Waals surface area contributed by atoms with Gasteiger partial charge in [-0.1, -0.05) is 11.6 Å². The first kappa shape index (κ1) is 10.1. The molecule has 0 aromatic carbocycles. The van der Waals surface area contributed by atoms with Gasteiger partial charge in [0.15, 0.2) is 0 Å². The zero-order chi connectivity index (χ0) is 9.97. The Hall–Kier alpha value is -0.470. The van der Waals surface area contributed by atoms with Gasteiger partial charge in [0, 0.05) is 24.7 Å². The number of rotatable bonds is 2. The largest absolute Gasteiger partial charge is 0.352 e. The van der Waals surface area contributed by atoms with Crippen LogP contribution in [0.1, 0.15) is 12.8 Å². The van der Waals surface area contributed by atoms with E-state index in [-0.39, 0.29) is 0 Å². The van der Waals surface area contributed by atoms with Crippen LogP contribution in [0.25, 0.3) is 0 Å². The van der Waals surface area contributed by atoms with Crippen LogP contribution in [0, 0.1) is 0 Å². The third-order valence-electron chi connectivity index (χ3n) is 2.56. The molecule has 76 valence electrons. The van der Waals surface area contributed by atoms with Crippen molar-refractivity contribution >= 4 is 29.0 Å². The smallest absolute Gasteiger partial charge is 0.128 e. The number of halogens is 2. The minimum Gasteiger partial charge on any atom is -0.352 e. The van der Waals surface area contributed by atoms with Gasteiger partial charge in [0.2, 0.25) is 0 Å². The molecule has 0 saturated carbocycles. The molecule has 0 spiro atoms.